The fourth-order valence-electron chi connectivity index (χ4n) is 11.0. The zero-order chi connectivity index (χ0) is 29.0. The summed E-state index contributed by atoms with van der Waals surface area (Å²) in [7, 11) is 0. The zero-order valence-corrected chi connectivity index (χ0v) is 25.6. The predicted molar refractivity (Wildman–Crippen MR) is 152 cm³/mol. The van der Waals surface area contributed by atoms with Gasteiger partial charge in [0.25, 0.3) is 0 Å². The molecule has 1 heterocycles. The smallest absolute Gasteiger partial charge is 0.217 e. The first-order valence-corrected chi connectivity index (χ1v) is 15.4. The van der Waals surface area contributed by atoms with Crippen molar-refractivity contribution in [3.63, 3.8) is 0 Å². The molecule has 0 aliphatic heterocycles. The van der Waals surface area contributed by atoms with E-state index in [0.29, 0.717) is 23.6 Å². The van der Waals surface area contributed by atoms with Gasteiger partial charge in [0, 0.05) is 30.1 Å². The van der Waals surface area contributed by atoms with Crippen molar-refractivity contribution in [2.24, 2.45) is 56.7 Å². The second kappa shape index (κ2) is 8.49. The summed E-state index contributed by atoms with van der Waals surface area (Å²) in [5.74, 6) is 2.68. The maximum atomic E-state index is 14.6. The van der Waals surface area contributed by atoms with E-state index in [1.807, 2.05) is 32.9 Å². The first-order chi connectivity index (χ1) is 18.6. The normalized spacial score (nSPS) is 45.7. The Kier molecular flexibility index (Phi) is 5.86. The average Bonchev–Trinajstić information content (AvgIpc) is 3.30. The van der Waals surface area contributed by atoms with Crippen molar-refractivity contribution in [3.05, 3.63) is 35.1 Å². The van der Waals surface area contributed by atoms with Gasteiger partial charge in [-0.15, -0.1) is 10.2 Å². The van der Waals surface area contributed by atoms with Crippen LogP contribution in [-0.2, 0) is 16.0 Å². The summed E-state index contributed by atoms with van der Waals surface area (Å²) in [6.45, 7) is 17.6. The third kappa shape index (κ3) is 3.33. The standard InChI is InChI=1S/C34H45N3O3/c1-19-9-12-34(17-26-37-36-21(3)40-26)14-13-33(8)28(27(34)20(19)2)23(38)15-25-31(6)16-22(18-35)29(39)30(4,5)24(31)10-11-32(25,33)7/h15-16,19-20,24,27-28H,9-14,17H2,1-8H3/t19-,20+,24+,27+,28-,31+,32-,33-,34-/m1/s1. The van der Waals surface area contributed by atoms with E-state index in [0.717, 1.165) is 50.5 Å². The van der Waals surface area contributed by atoms with Crippen LogP contribution in [0.2, 0.25) is 0 Å². The average molecular weight is 544 g/mol. The first kappa shape index (κ1) is 27.6. The van der Waals surface area contributed by atoms with Crippen LogP contribution in [0.1, 0.15) is 98.8 Å². The Morgan fingerprint density at radius 1 is 1.02 bits per heavy atom. The van der Waals surface area contributed by atoms with Gasteiger partial charge in [-0.1, -0.05) is 60.1 Å². The number of nitriles is 1. The first-order valence-electron chi connectivity index (χ1n) is 15.4. The number of Topliss-reactive ketones (excluding diaryl/α,β-unsaturated/α-hetero) is 1. The summed E-state index contributed by atoms with van der Waals surface area (Å²) in [6, 6.07) is 2.21. The van der Waals surface area contributed by atoms with E-state index in [9.17, 15) is 14.9 Å². The number of carbonyl (C=O) groups excluding carboxylic acids is 2. The fourth-order valence-corrected chi connectivity index (χ4v) is 11.0. The van der Waals surface area contributed by atoms with Gasteiger partial charge in [-0.05, 0) is 84.5 Å². The van der Waals surface area contributed by atoms with Crippen LogP contribution in [0.15, 0.2) is 27.7 Å². The van der Waals surface area contributed by atoms with Gasteiger partial charge in [-0.3, -0.25) is 9.59 Å². The van der Waals surface area contributed by atoms with E-state index in [4.69, 9.17) is 4.42 Å². The molecule has 1 aromatic rings. The molecule has 40 heavy (non-hydrogen) atoms. The van der Waals surface area contributed by atoms with Crippen molar-refractivity contribution in [2.45, 2.75) is 100 Å². The number of carbonyl (C=O) groups is 2. The minimum absolute atomic E-state index is 0.0271. The van der Waals surface area contributed by atoms with Gasteiger partial charge in [0.1, 0.15) is 6.07 Å². The highest BCUT2D eigenvalue weighted by Gasteiger charge is 2.70. The van der Waals surface area contributed by atoms with Crippen molar-refractivity contribution in [2.75, 3.05) is 0 Å². The Labute approximate surface area is 239 Å². The maximum absolute atomic E-state index is 14.6. The molecular weight excluding hydrogens is 498 g/mol. The quantitative estimate of drug-likeness (QED) is 0.399. The lowest BCUT2D eigenvalue weighted by atomic mass is 9.33. The van der Waals surface area contributed by atoms with Crippen LogP contribution in [0.3, 0.4) is 0 Å². The second-order valence-corrected chi connectivity index (χ2v) is 15.4. The number of hydrogen-bond acceptors (Lipinski definition) is 6. The van der Waals surface area contributed by atoms with Crippen LogP contribution in [0.5, 0.6) is 0 Å². The third-order valence-corrected chi connectivity index (χ3v) is 13.5. The molecule has 3 saturated carbocycles. The van der Waals surface area contributed by atoms with Crippen LogP contribution in [0.25, 0.3) is 0 Å². The monoisotopic (exact) mass is 543 g/mol. The molecular formula is C34H45N3O3. The van der Waals surface area contributed by atoms with Crippen LogP contribution in [0, 0.1) is 74.9 Å². The summed E-state index contributed by atoms with van der Waals surface area (Å²) in [5, 5.41) is 18.5. The molecule has 0 amide bonds. The largest absolute Gasteiger partial charge is 0.426 e. The van der Waals surface area contributed by atoms with Gasteiger partial charge >= 0.3 is 0 Å². The van der Waals surface area contributed by atoms with E-state index >= 15 is 0 Å². The second-order valence-electron chi connectivity index (χ2n) is 15.4. The van der Waals surface area contributed by atoms with Crippen molar-refractivity contribution < 1.29 is 14.0 Å². The number of aromatic nitrogens is 2. The Hall–Kier alpha value is -2.55. The lowest BCUT2D eigenvalue weighted by Crippen LogP contribution is -2.65. The number of aryl methyl sites for hydroxylation is 1. The maximum Gasteiger partial charge on any atom is 0.217 e. The molecule has 0 N–H and O–H groups in total. The van der Waals surface area contributed by atoms with E-state index in [1.54, 1.807) is 0 Å². The number of ketones is 2. The topological polar surface area (TPSA) is 96.9 Å². The minimum Gasteiger partial charge on any atom is -0.426 e. The molecule has 0 saturated heterocycles. The number of hydrogen-bond donors (Lipinski definition) is 0. The highest BCUT2D eigenvalue weighted by molar-refractivity contribution is 6.04. The van der Waals surface area contributed by atoms with Crippen molar-refractivity contribution in [1.29, 1.82) is 5.26 Å². The molecule has 3 fully saturated rings. The van der Waals surface area contributed by atoms with Crippen LogP contribution < -0.4 is 0 Å². The Balaban J connectivity index is 1.51. The fraction of sp³-hybridized carbons (Fsp3) is 0.735. The molecule has 0 aromatic carbocycles. The zero-order valence-electron chi connectivity index (χ0n) is 25.6. The number of rotatable bonds is 2. The molecule has 9 atom stereocenters. The van der Waals surface area contributed by atoms with E-state index in [2.05, 4.69) is 50.9 Å². The lowest BCUT2D eigenvalue weighted by Gasteiger charge is -2.69. The molecule has 1 aromatic heterocycles. The van der Waals surface area contributed by atoms with Crippen LogP contribution in [-0.4, -0.2) is 21.8 Å². The molecule has 5 aliphatic carbocycles. The molecule has 6 rings (SSSR count). The Morgan fingerprint density at radius 3 is 2.40 bits per heavy atom. The molecule has 0 bridgehead atoms. The van der Waals surface area contributed by atoms with Gasteiger partial charge in [0.05, 0.1) is 5.57 Å². The molecule has 214 valence electrons. The summed E-state index contributed by atoms with van der Waals surface area (Å²) in [4.78, 5) is 27.9. The molecule has 6 nitrogen and oxygen atoms in total. The third-order valence-electron chi connectivity index (χ3n) is 13.5. The minimum atomic E-state index is -0.644. The highest BCUT2D eigenvalue weighted by atomic mass is 16.4. The molecule has 0 spiro atoms. The summed E-state index contributed by atoms with van der Waals surface area (Å²) in [6.07, 6.45) is 10.8. The molecule has 6 heteroatoms. The number of allylic oxidation sites excluding steroid dienone is 4. The number of fused-ring (bicyclic) bond motifs is 7. The van der Waals surface area contributed by atoms with Crippen LogP contribution >= 0.6 is 0 Å². The molecule has 5 aliphatic rings. The van der Waals surface area contributed by atoms with E-state index in [1.165, 1.54) is 0 Å². The van der Waals surface area contributed by atoms with Gasteiger partial charge < -0.3 is 4.42 Å². The Morgan fingerprint density at radius 2 is 1.75 bits per heavy atom. The number of nitrogens with zero attached hydrogens (tertiary/aromatic N) is 3. The van der Waals surface area contributed by atoms with Crippen molar-refractivity contribution >= 4 is 11.6 Å². The van der Waals surface area contributed by atoms with Crippen molar-refractivity contribution in [1.82, 2.24) is 10.2 Å². The summed E-state index contributed by atoms with van der Waals surface area (Å²) in [5.41, 5.74) is -0.169. The van der Waals surface area contributed by atoms with Gasteiger partial charge in [-0.25, -0.2) is 0 Å². The van der Waals surface area contributed by atoms with E-state index in [-0.39, 0.29) is 51.1 Å². The Bertz CT molecular complexity index is 1390. The highest BCUT2D eigenvalue weighted by Crippen LogP contribution is 2.74. The summed E-state index contributed by atoms with van der Waals surface area (Å²) < 4.78 is 5.93. The van der Waals surface area contributed by atoms with E-state index < -0.39 is 10.8 Å². The summed E-state index contributed by atoms with van der Waals surface area (Å²) >= 11 is 0. The van der Waals surface area contributed by atoms with Crippen molar-refractivity contribution in [3.8, 4) is 6.07 Å². The predicted octanol–water partition coefficient (Wildman–Crippen LogP) is 7.00. The van der Waals surface area contributed by atoms with Gasteiger partial charge in [0.15, 0.2) is 11.6 Å². The lowest BCUT2D eigenvalue weighted by molar-refractivity contribution is -0.177. The molecule has 0 radical (unpaired) electrons. The van der Waals surface area contributed by atoms with Gasteiger partial charge in [0.2, 0.25) is 11.8 Å². The van der Waals surface area contributed by atoms with Crippen LogP contribution in [0.4, 0.5) is 0 Å². The molecule has 0 unspecified atom stereocenters. The van der Waals surface area contributed by atoms with Gasteiger partial charge in [-0.2, -0.15) is 5.26 Å². The SMILES string of the molecule is Cc1nnc(C[C@]23CC[C@@H](C)[C@H](C)[C@H]2[C@H]2C(=O)C=C4[C@@]5(C)C=C(C#N)C(=O)C(C)(C)[C@@H]5CC[C@@]4(C)[C@]2(C)CC3)o1.